The van der Waals surface area contributed by atoms with E-state index in [4.69, 9.17) is 10.5 Å². The van der Waals surface area contributed by atoms with Gasteiger partial charge in [-0.25, -0.2) is 4.98 Å². The first-order chi connectivity index (χ1) is 9.58. The van der Waals surface area contributed by atoms with Crippen molar-refractivity contribution in [1.82, 2.24) is 10.3 Å². The van der Waals surface area contributed by atoms with Gasteiger partial charge >= 0.3 is 0 Å². The molecule has 0 saturated heterocycles. The van der Waals surface area contributed by atoms with Gasteiger partial charge in [0, 0.05) is 28.4 Å². The van der Waals surface area contributed by atoms with Gasteiger partial charge in [-0.1, -0.05) is 0 Å². The van der Waals surface area contributed by atoms with Crippen molar-refractivity contribution in [2.24, 2.45) is 0 Å². The zero-order valence-electron chi connectivity index (χ0n) is 11.5. The minimum atomic E-state index is -0.177. The Morgan fingerprint density at radius 1 is 1.45 bits per heavy atom. The number of carbonyl (C=O) groups is 1. The number of aromatic nitrogens is 1. The van der Waals surface area contributed by atoms with Gasteiger partial charge in [0.15, 0.2) is 0 Å². The number of benzene rings is 1. The van der Waals surface area contributed by atoms with E-state index >= 15 is 0 Å². The molecule has 0 aliphatic carbocycles. The molecule has 2 rings (SSSR count). The van der Waals surface area contributed by atoms with Crippen LogP contribution >= 0.6 is 11.3 Å². The summed E-state index contributed by atoms with van der Waals surface area (Å²) >= 11 is 1.56. The van der Waals surface area contributed by atoms with E-state index in [0.29, 0.717) is 30.2 Å². The Labute approximate surface area is 121 Å². The highest BCUT2D eigenvalue weighted by Crippen LogP contribution is 2.19. The molecule has 0 atom stereocenters. The molecule has 1 heterocycles. The molecular weight excluding hydrogens is 274 g/mol. The van der Waals surface area contributed by atoms with E-state index in [1.165, 1.54) is 0 Å². The molecule has 2 aromatic rings. The number of anilines is 1. The van der Waals surface area contributed by atoms with E-state index in [9.17, 15) is 4.79 Å². The molecular formula is C14H17N3O2S. The van der Waals surface area contributed by atoms with Gasteiger partial charge in [-0.05, 0) is 26.0 Å². The van der Waals surface area contributed by atoms with Crippen molar-refractivity contribution in [2.75, 3.05) is 12.3 Å². The fourth-order valence-corrected chi connectivity index (χ4v) is 2.49. The maximum atomic E-state index is 12.1. The van der Waals surface area contributed by atoms with Crippen molar-refractivity contribution in [2.45, 2.75) is 20.4 Å². The van der Waals surface area contributed by atoms with Crippen LogP contribution in [0.25, 0.3) is 0 Å². The average Bonchev–Trinajstić information content (AvgIpc) is 2.81. The van der Waals surface area contributed by atoms with Crippen LogP contribution in [0, 0.1) is 6.92 Å². The Morgan fingerprint density at radius 2 is 2.25 bits per heavy atom. The number of rotatable bonds is 5. The van der Waals surface area contributed by atoms with E-state index in [2.05, 4.69) is 10.3 Å². The van der Waals surface area contributed by atoms with E-state index in [-0.39, 0.29) is 5.91 Å². The number of carbonyl (C=O) groups excluding carboxylic acids is 1. The van der Waals surface area contributed by atoms with Gasteiger partial charge < -0.3 is 15.8 Å². The SMILES string of the molecule is CCOc1cc(N)cc(C(=O)NCc2cnc(C)s2)c1. The molecule has 0 saturated carbocycles. The number of amides is 1. The summed E-state index contributed by atoms with van der Waals surface area (Å²) in [6.45, 7) is 4.81. The maximum absolute atomic E-state index is 12.1. The molecule has 5 nitrogen and oxygen atoms in total. The third-order valence-electron chi connectivity index (χ3n) is 2.59. The first-order valence-electron chi connectivity index (χ1n) is 6.31. The largest absolute Gasteiger partial charge is 0.494 e. The molecule has 0 aliphatic rings. The zero-order valence-corrected chi connectivity index (χ0v) is 12.3. The molecule has 20 heavy (non-hydrogen) atoms. The summed E-state index contributed by atoms with van der Waals surface area (Å²) in [6.07, 6.45) is 1.77. The molecule has 1 aromatic heterocycles. The van der Waals surface area contributed by atoms with E-state index in [1.54, 1.807) is 35.7 Å². The summed E-state index contributed by atoms with van der Waals surface area (Å²) in [6, 6.07) is 5.02. The van der Waals surface area contributed by atoms with Gasteiger partial charge in [-0.3, -0.25) is 4.79 Å². The number of ether oxygens (including phenoxy) is 1. The molecule has 6 heteroatoms. The first-order valence-corrected chi connectivity index (χ1v) is 7.13. The summed E-state index contributed by atoms with van der Waals surface area (Å²) in [5.74, 6) is 0.426. The molecule has 0 fully saturated rings. The van der Waals surface area contributed by atoms with Crippen LogP contribution in [0.1, 0.15) is 27.2 Å². The van der Waals surface area contributed by atoms with Crippen LogP contribution in [0.15, 0.2) is 24.4 Å². The lowest BCUT2D eigenvalue weighted by Gasteiger charge is -2.08. The van der Waals surface area contributed by atoms with Crippen molar-refractivity contribution in [3.05, 3.63) is 39.8 Å². The highest BCUT2D eigenvalue weighted by atomic mass is 32.1. The first kappa shape index (κ1) is 14.3. The smallest absolute Gasteiger partial charge is 0.251 e. The highest BCUT2D eigenvalue weighted by Gasteiger charge is 2.09. The summed E-state index contributed by atoms with van der Waals surface area (Å²) in [5, 5.41) is 3.83. The van der Waals surface area contributed by atoms with E-state index in [1.807, 2.05) is 13.8 Å². The summed E-state index contributed by atoms with van der Waals surface area (Å²) < 4.78 is 5.38. The summed E-state index contributed by atoms with van der Waals surface area (Å²) in [5.41, 5.74) is 6.77. The Balaban J connectivity index is 2.04. The number of hydrogen-bond acceptors (Lipinski definition) is 5. The van der Waals surface area contributed by atoms with Gasteiger partial charge in [0.2, 0.25) is 0 Å². The Kier molecular flexibility index (Phi) is 4.57. The maximum Gasteiger partial charge on any atom is 0.251 e. The predicted molar refractivity (Wildman–Crippen MR) is 80.0 cm³/mol. The summed E-state index contributed by atoms with van der Waals surface area (Å²) in [4.78, 5) is 17.3. The second-order valence-electron chi connectivity index (χ2n) is 4.25. The van der Waals surface area contributed by atoms with Gasteiger partial charge in [0.25, 0.3) is 5.91 Å². The Hall–Kier alpha value is -2.08. The lowest BCUT2D eigenvalue weighted by molar-refractivity contribution is 0.0951. The normalized spacial score (nSPS) is 10.3. The number of aryl methyl sites for hydroxylation is 1. The van der Waals surface area contributed by atoms with Crippen LogP contribution < -0.4 is 15.8 Å². The molecule has 106 valence electrons. The lowest BCUT2D eigenvalue weighted by atomic mass is 10.1. The number of nitrogens with one attached hydrogen (secondary N) is 1. The van der Waals surface area contributed by atoms with Crippen LogP contribution in [-0.2, 0) is 6.54 Å². The van der Waals surface area contributed by atoms with Crippen molar-refractivity contribution < 1.29 is 9.53 Å². The van der Waals surface area contributed by atoms with Gasteiger partial charge in [-0.15, -0.1) is 11.3 Å². The highest BCUT2D eigenvalue weighted by molar-refractivity contribution is 7.11. The third-order valence-corrected chi connectivity index (χ3v) is 3.51. The monoisotopic (exact) mass is 291 g/mol. The molecule has 0 unspecified atom stereocenters. The Morgan fingerprint density at radius 3 is 2.90 bits per heavy atom. The molecule has 3 N–H and O–H groups in total. The van der Waals surface area contributed by atoms with Crippen molar-refractivity contribution in [1.29, 1.82) is 0 Å². The van der Waals surface area contributed by atoms with Crippen molar-refractivity contribution in [3.8, 4) is 5.75 Å². The number of thiazole rings is 1. The quantitative estimate of drug-likeness (QED) is 0.829. The lowest BCUT2D eigenvalue weighted by Crippen LogP contribution is -2.22. The van der Waals surface area contributed by atoms with Crippen molar-refractivity contribution >= 4 is 22.9 Å². The molecule has 0 radical (unpaired) electrons. The van der Waals surface area contributed by atoms with E-state index < -0.39 is 0 Å². The van der Waals surface area contributed by atoms with Gasteiger partial charge in [0.1, 0.15) is 5.75 Å². The Bertz CT molecular complexity index is 610. The molecule has 0 spiro atoms. The second kappa shape index (κ2) is 6.38. The topological polar surface area (TPSA) is 77.2 Å². The van der Waals surface area contributed by atoms with Crippen LogP contribution in [0.2, 0.25) is 0 Å². The van der Waals surface area contributed by atoms with Gasteiger partial charge in [0.05, 0.1) is 18.2 Å². The number of nitrogen functional groups attached to an aromatic ring is 1. The van der Waals surface area contributed by atoms with Crippen molar-refractivity contribution in [3.63, 3.8) is 0 Å². The van der Waals surface area contributed by atoms with E-state index in [0.717, 1.165) is 9.88 Å². The molecule has 1 amide bonds. The van der Waals surface area contributed by atoms with Crippen LogP contribution in [0.4, 0.5) is 5.69 Å². The molecule has 0 aliphatic heterocycles. The standard InChI is InChI=1S/C14H17N3O2S/c1-3-19-12-5-10(4-11(15)6-12)14(18)17-8-13-7-16-9(2)20-13/h4-7H,3,8,15H2,1-2H3,(H,17,18). The fourth-order valence-electron chi connectivity index (χ4n) is 1.76. The second-order valence-corrected chi connectivity index (χ2v) is 5.57. The van der Waals surface area contributed by atoms with Gasteiger partial charge in [-0.2, -0.15) is 0 Å². The number of nitrogens with two attached hydrogens (primary N) is 1. The summed E-state index contributed by atoms with van der Waals surface area (Å²) in [7, 11) is 0. The fraction of sp³-hybridized carbons (Fsp3) is 0.286. The van der Waals surface area contributed by atoms with Crippen LogP contribution in [0.3, 0.4) is 0 Å². The minimum absolute atomic E-state index is 0.177. The van der Waals surface area contributed by atoms with Crippen LogP contribution in [0.5, 0.6) is 5.75 Å². The predicted octanol–water partition coefficient (Wildman–Crippen LogP) is 2.36. The number of hydrogen-bond donors (Lipinski definition) is 2. The average molecular weight is 291 g/mol. The third kappa shape index (κ3) is 3.71. The van der Waals surface area contributed by atoms with Crippen LogP contribution in [-0.4, -0.2) is 17.5 Å². The minimum Gasteiger partial charge on any atom is -0.494 e. The molecule has 0 bridgehead atoms. The number of nitrogens with zero attached hydrogens (tertiary/aromatic N) is 1. The zero-order chi connectivity index (χ0) is 14.5. The molecule has 1 aromatic carbocycles.